The highest BCUT2D eigenvalue weighted by molar-refractivity contribution is 9.10. The van der Waals surface area contributed by atoms with Crippen molar-refractivity contribution in [3.05, 3.63) is 63.6 Å². The topological polar surface area (TPSA) is 55.1 Å². The number of carbonyl (C=O) groups excluding carboxylic acids is 1. The Balaban J connectivity index is 2.37. The molecule has 21 heavy (non-hydrogen) atoms. The SMILES string of the molecule is Cc1cc(F)cc(NC(C(N)=O)c2ccc(Br)cc2F)c1. The van der Waals surface area contributed by atoms with E-state index in [1.807, 2.05) is 0 Å². The number of hydrogen-bond donors (Lipinski definition) is 2. The second-order valence-electron chi connectivity index (χ2n) is 4.66. The lowest BCUT2D eigenvalue weighted by molar-refractivity contribution is -0.118. The fraction of sp³-hybridized carbons (Fsp3) is 0.133. The van der Waals surface area contributed by atoms with Crippen molar-refractivity contribution in [1.29, 1.82) is 0 Å². The molecule has 1 amide bonds. The number of carbonyl (C=O) groups is 1. The summed E-state index contributed by atoms with van der Waals surface area (Å²) in [4.78, 5) is 11.6. The van der Waals surface area contributed by atoms with Gasteiger partial charge in [-0.3, -0.25) is 4.79 Å². The van der Waals surface area contributed by atoms with Gasteiger partial charge in [0.25, 0.3) is 0 Å². The average Bonchev–Trinajstić information content (AvgIpc) is 2.35. The van der Waals surface area contributed by atoms with Crippen LogP contribution in [-0.2, 0) is 4.79 Å². The fourth-order valence-electron chi connectivity index (χ4n) is 2.02. The van der Waals surface area contributed by atoms with Gasteiger partial charge in [0, 0.05) is 15.7 Å². The minimum Gasteiger partial charge on any atom is -0.370 e. The van der Waals surface area contributed by atoms with Crippen LogP contribution < -0.4 is 11.1 Å². The van der Waals surface area contributed by atoms with E-state index < -0.39 is 23.6 Å². The number of halogens is 3. The summed E-state index contributed by atoms with van der Waals surface area (Å²) in [5.74, 6) is -1.77. The lowest BCUT2D eigenvalue weighted by atomic mass is 10.0. The molecule has 0 aliphatic rings. The molecule has 2 rings (SSSR count). The Kier molecular flexibility index (Phi) is 4.57. The number of nitrogens with one attached hydrogen (secondary N) is 1. The molecular weight excluding hydrogens is 342 g/mol. The Morgan fingerprint density at radius 1 is 1.24 bits per heavy atom. The van der Waals surface area contributed by atoms with Gasteiger partial charge in [-0.2, -0.15) is 0 Å². The molecule has 3 nitrogen and oxygen atoms in total. The van der Waals surface area contributed by atoms with Gasteiger partial charge in [-0.05, 0) is 42.8 Å². The zero-order valence-corrected chi connectivity index (χ0v) is 12.7. The monoisotopic (exact) mass is 354 g/mol. The van der Waals surface area contributed by atoms with Gasteiger partial charge in [-0.25, -0.2) is 8.78 Å². The van der Waals surface area contributed by atoms with Crippen molar-refractivity contribution in [2.24, 2.45) is 5.73 Å². The molecule has 0 radical (unpaired) electrons. The van der Waals surface area contributed by atoms with Crippen LogP contribution in [0.5, 0.6) is 0 Å². The van der Waals surface area contributed by atoms with E-state index in [-0.39, 0.29) is 5.56 Å². The van der Waals surface area contributed by atoms with Crippen molar-refractivity contribution < 1.29 is 13.6 Å². The third-order valence-electron chi connectivity index (χ3n) is 2.91. The quantitative estimate of drug-likeness (QED) is 0.879. The van der Waals surface area contributed by atoms with E-state index in [0.717, 1.165) is 0 Å². The van der Waals surface area contributed by atoms with Gasteiger partial charge >= 0.3 is 0 Å². The summed E-state index contributed by atoms with van der Waals surface area (Å²) < 4.78 is 27.9. The lowest BCUT2D eigenvalue weighted by Crippen LogP contribution is -2.28. The summed E-state index contributed by atoms with van der Waals surface area (Å²) in [5, 5.41) is 2.77. The van der Waals surface area contributed by atoms with Gasteiger partial charge in [0.2, 0.25) is 5.91 Å². The minimum atomic E-state index is -1.08. The first kappa shape index (κ1) is 15.4. The highest BCUT2D eigenvalue weighted by Gasteiger charge is 2.21. The largest absolute Gasteiger partial charge is 0.370 e. The summed E-state index contributed by atoms with van der Waals surface area (Å²) in [5.41, 5.74) is 6.47. The van der Waals surface area contributed by atoms with E-state index in [0.29, 0.717) is 15.7 Å². The predicted molar refractivity (Wildman–Crippen MR) is 80.8 cm³/mol. The van der Waals surface area contributed by atoms with Crippen LogP contribution in [0.25, 0.3) is 0 Å². The van der Waals surface area contributed by atoms with Crippen molar-refractivity contribution in [2.75, 3.05) is 5.32 Å². The molecule has 0 fully saturated rings. The Morgan fingerprint density at radius 3 is 2.52 bits per heavy atom. The van der Waals surface area contributed by atoms with Gasteiger partial charge in [-0.15, -0.1) is 0 Å². The summed E-state index contributed by atoms with van der Waals surface area (Å²) in [7, 11) is 0. The molecule has 0 saturated carbocycles. The Bertz CT molecular complexity index is 671. The van der Waals surface area contributed by atoms with Crippen LogP contribution in [0.3, 0.4) is 0 Å². The van der Waals surface area contributed by atoms with Crippen molar-refractivity contribution in [2.45, 2.75) is 13.0 Å². The molecule has 0 aromatic heterocycles. The molecule has 0 bridgehead atoms. The molecule has 3 N–H and O–H groups in total. The maximum atomic E-state index is 14.0. The van der Waals surface area contributed by atoms with Crippen molar-refractivity contribution in [3.8, 4) is 0 Å². The zero-order valence-electron chi connectivity index (χ0n) is 11.2. The van der Waals surface area contributed by atoms with E-state index in [1.165, 1.54) is 24.3 Å². The molecule has 0 saturated heterocycles. The van der Waals surface area contributed by atoms with Gasteiger partial charge in [0.1, 0.15) is 17.7 Å². The number of primary amides is 1. The molecular formula is C15H13BrF2N2O. The molecule has 0 spiro atoms. The van der Waals surface area contributed by atoms with Gasteiger partial charge in [0.15, 0.2) is 0 Å². The summed E-state index contributed by atoms with van der Waals surface area (Å²) in [6, 6.07) is 7.43. The first-order valence-electron chi connectivity index (χ1n) is 6.15. The third kappa shape index (κ3) is 3.78. The van der Waals surface area contributed by atoms with Gasteiger partial charge in [-0.1, -0.05) is 22.0 Å². The first-order chi connectivity index (χ1) is 9.86. The van der Waals surface area contributed by atoms with E-state index in [4.69, 9.17) is 5.73 Å². The van der Waals surface area contributed by atoms with Crippen LogP contribution in [0.4, 0.5) is 14.5 Å². The van der Waals surface area contributed by atoms with Crippen LogP contribution in [-0.4, -0.2) is 5.91 Å². The molecule has 6 heteroatoms. The van der Waals surface area contributed by atoms with Crippen LogP contribution in [0, 0.1) is 18.6 Å². The average molecular weight is 355 g/mol. The predicted octanol–water partition coefficient (Wildman–Crippen LogP) is 3.67. The number of aryl methyl sites for hydroxylation is 1. The molecule has 0 aliphatic carbocycles. The molecule has 110 valence electrons. The summed E-state index contributed by atoms with van der Waals surface area (Å²) in [6.07, 6.45) is 0. The second-order valence-corrected chi connectivity index (χ2v) is 5.58. The van der Waals surface area contributed by atoms with E-state index in [9.17, 15) is 13.6 Å². The maximum Gasteiger partial charge on any atom is 0.244 e. The Labute approximate surface area is 129 Å². The summed E-state index contributed by atoms with van der Waals surface area (Å²) in [6.45, 7) is 1.72. The van der Waals surface area contributed by atoms with E-state index >= 15 is 0 Å². The number of amides is 1. The van der Waals surface area contributed by atoms with Crippen molar-refractivity contribution >= 4 is 27.5 Å². The number of benzene rings is 2. The molecule has 0 aliphatic heterocycles. The van der Waals surface area contributed by atoms with Crippen molar-refractivity contribution in [3.63, 3.8) is 0 Å². The zero-order chi connectivity index (χ0) is 15.6. The number of nitrogens with two attached hydrogens (primary N) is 1. The van der Waals surface area contributed by atoms with Gasteiger partial charge < -0.3 is 11.1 Å². The smallest absolute Gasteiger partial charge is 0.244 e. The van der Waals surface area contributed by atoms with E-state index in [1.54, 1.807) is 19.1 Å². The minimum absolute atomic E-state index is 0.104. The molecule has 2 aromatic carbocycles. The Morgan fingerprint density at radius 2 is 1.95 bits per heavy atom. The van der Waals surface area contributed by atoms with Gasteiger partial charge in [0.05, 0.1) is 0 Å². The normalized spacial score (nSPS) is 12.0. The molecule has 2 aromatic rings. The number of rotatable bonds is 4. The molecule has 1 atom stereocenters. The van der Waals surface area contributed by atoms with Crippen LogP contribution in [0.2, 0.25) is 0 Å². The first-order valence-corrected chi connectivity index (χ1v) is 6.94. The van der Waals surface area contributed by atoms with Crippen LogP contribution >= 0.6 is 15.9 Å². The van der Waals surface area contributed by atoms with Crippen LogP contribution in [0.15, 0.2) is 40.9 Å². The maximum absolute atomic E-state index is 14.0. The Hall–Kier alpha value is -1.95. The highest BCUT2D eigenvalue weighted by Crippen LogP contribution is 2.25. The van der Waals surface area contributed by atoms with Crippen molar-refractivity contribution in [1.82, 2.24) is 0 Å². The number of hydrogen-bond acceptors (Lipinski definition) is 2. The lowest BCUT2D eigenvalue weighted by Gasteiger charge is -2.18. The van der Waals surface area contributed by atoms with Crippen LogP contribution in [0.1, 0.15) is 17.2 Å². The second kappa shape index (κ2) is 6.22. The summed E-state index contributed by atoms with van der Waals surface area (Å²) >= 11 is 3.14. The standard InChI is InChI=1S/C15H13BrF2N2O/c1-8-4-10(17)7-11(5-8)20-14(15(19)21)12-3-2-9(16)6-13(12)18/h2-7,14,20H,1H3,(H2,19,21). The fourth-order valence-corrected chi connectivity index (χ4v) is 2.36. The molecule has 0 heterocycles. The highest BCUT2D eigenvalue weighted by atomic mass is 79.9. The molecule has 1 unspecified atom stereocenters. The van der Waals surface area contributed by atoms with E-state index in [2.05, 4.69) is 21.2 Å². The third-order valence-corrected chi connectivity index (χ3v) is 3.40. The number of anilines is 1.